The fourth-order valence-electron chi connectivity index (χ4n) is 2.27. The third-order valence-electron chi connectivity index (χ3n) is 3.30. The summed E-state index contributed by atoms with van der Waals surface area (Å²) < 4.78 is 5.51. The van der Waals surface area contributed by atoms with Crippen molar-refractivity contribution in [3.05, 3.63) is 59.9 Å². The van der Waals surface area contributed by atoms with Gasteiger partial charge < -0.3 is 10.1 Å². The molecule has 1 aliphatic heterocycles. The number of para-hydroxylation sites is 1. The molecule has 2 aromatic rings. The van der Waals surface area contributed by atoms with E-state index in [0.717, 1.165) is 5.56 Å². The van der Waals surface area contributed by atoms with E-state index in [9.17, 15) is 9.59 Å². The van der Waals surface area contributed by atoms with Crippen LogP contribution in [-0.4, -0.2) is 29.3 Å². The Morgan fingerprint density at radius 1 is 1.29 bits per heavy atom. The SMILES string of the molecule is O=C(Cc1cccnc1)N[C@H]1COc2ccccc2C1=O. The standard InChI is InChI=1S/C16H14N2O3/c19-15(8-11-4-3-7-17-9-11)18-13-10-21-14-6-2-1-5-12(14)16(13)20/h1-7,9,13H,8,10H2,(H,18,19)/t13-/m0/s1. The lowest BCUT2D eigenvalue weighted by atomic mass is 10.0. The van der Waals surface area contributed by atoms with Gasteiger partial charge in [-0.2, -0.15) is 0 Å². The Kier molecular flexibility index (Phi) is 3.64. The third-order valence-corrected chi connectivity index (χ3v) is 3.30. The zero-order valence-corrected chi connectivity index (χ0v) is 11.3. The molecule has 1 atom stereocenters. The number of benzene rings is 1. The van der Waals surface area contributed by atoms with Gasteiger partial charge in [0.05, 0.1) is 12.0 Å². The van der Waals surface area contributed by atoms with Crippen LogP contribution in [0, 0.1) is 0 Å². The highest BCUT2D eigenvalue weighted by molar-refractivity contribution is 6.05. The van der Waals surface area contributed by atoms with Crippen LogP contribution in [0.25, 0.3) is 0 Å². The van der Waals surface area contributed by atoms with Crippen molar-refractivity contribution in [3.63, 3.8) is 0 Å². The van der Waals surface area contributed by atoms with Gasteiger partial charge in [0.2, 0.25) is 5.91 Å². The van der Waals surface area contributed by atoms with E-state index in [1.165, 1.54) is 0 Å². The fraction of sp³-hybridized carbons (Fsp3) is 0.188. The molecule has 0 unspecified atom stereocenters. The zero-order chi connectivity index (χ0) is 14.7. The molecule has 1 aliphatic rings. The smallest absolute Gasteiger partial charge is 0.225 e. The lowest BCUT2D eigenvalue weighted by Crippen LogP contribution is -2.47. The number of rotatable bonds is 3. The monoisotopic (exact) mass is 282 g/mol. The van der Waals surface area contributed by atoms with E-state index in [0.29, 0.717) is 11.3 Å². The molecular weight excluding hydrogens is 268 g/mol. The highest BCUT2D eigenvalue weighted by Crippen LogP contribution is 2.23. The molecule has 0 fully saturated rings. The summed E-state index contributed by atoms with van der Waals surface area (Å²) in [6, 6.07) is 10.0. The number of ketones is 1. The number of pyridine rings is 1. The van der Waals surface area contributed by atoms with Crippen LogP contribution in [0.2, 0.25) is 0 Å². The summed E-state index contributed by atoms with van der Waals surface area (Å²) in [6.45, 7) is 0.161. The minimum Gasteiger partial charge on any atom is -0.490 e. The number of ether oxygens (including phenoxy) is 1. The first-order valence-electron chi connectivity index (χ1n) is 6.68. The van der Waals surface area contributed by atoms with Crippen LogP contribution in [0.1, 0.15) is 15.9 Å². The molecule has 106 valence electrons. The minimum absolute atomic E-state index is 0.114. The van der Waals surface area contributed by atoms with Crippen molar-refractivity contribution in [3.8, 4) is 5.75 Å². The number of nitrogens with zero attached hydrogens (tertiary/aromatic N) is 1. The highest BCUT2D eigenvalue weighted by Gasteiger charge is 2.29. The summed E-state index contributed by atoms with van der Waals surface area (Å²) in [7, 11) is 0. The lowest BCUT2D eigenvalue weighted by molar-refractivity contribution is -0.121. The summed E-state index contributed by atoms with van der Waals surface area (Å²) >= 11 is 0. The molecule has 0 radical (unpaired) electrons. The zero-order valence-electron chi connectivity index (χ0n) is 11.3. The fourth-order valence-corrected chi connectivity index (χ4v) is 2.27. The number of nitrogens with one attached hydrogen (secondary N) is 1. The summed E-state index contributed by atoms with van der Waals surface area (Å²) in [5.74, 6) is 0.237. The summed E-state index contributed by atoms with van der Waals surface area (Å²) in [5, 5.41) is 2.72. The Morgan fingerprint density at radius 3 is 2.95 bits per heavy atom. The van der Waals surface area contributed by atoms with Gasteiger partial charge in [0.25, 0.3) is 0 Å². The maximum absolute atomic E-state index is 12.3. The molecule has 5 heteroatoms. The normalized spacial score (nSPS) is 16.8. The highest BCUT2D eigenvalue weighted by atomic mass is 16.5. The average molecular weight is 282 g/mol. The van der Waals surface area contributed by atoms with Gasteiger partial charge in [0, 0.05) is 12.4 Å². The maximum Gasteiger partial charge on any atom is 0.225 e. The van der Waals surface area contributed by atoms with Crippen molar-refractivity contribution < 1.29 is 14.3 Å². The Bertz CT molecular complexity index is 670. The Labute approximate surface area is 122 Å². The van der Waals surface area contributed by atoms with Gasteiger partial charge in [-0.1, -0.05) is 18.2 Å². The van der Waals surface area contributed by atoms with E-state index in [2.05, 4.69) is 10.3 Å². The van der Waals surface area contributed by atoms with Crippen molar-refractivity contribution in [2.45, 2.75) is 12.5 Å². The van der Waals surface area contributed by atoms with E-state index in [1.807, 2.05) is 12.1 Å². The lowest BCUT2D eigenvalue weighted by Gasteiger charge is -2.24. The molecule has 1 aromatic carbocycles. The van der Waals surface area contributed by atoms with Crippen LogP contribution in [0.15, 0.2) is 48.8 Å². The Morgan fingerprint density at radius 2 is 2.14 bits per heavy atom. The van der Waals surface area contributed by atoms with Crippen molar-refractivity contribution in [2.75, 3.05) is 6.61 Å². The predicted molar refractivity (Wildman–Crippen MR) is 76.1 cm³/mol. The van der Waals surface area contributed by atoms with Crippen LogP contribution in [0.5, 0.6) is 5.75 Å². The van der Waals surface area contributed by atoms with E-state index in [1.54, 1.807) is 36.7 Å². The van der Waals surface area contributed by atoms with Crippen LogP contribution >= 0.6 is 0 Å². The summed E-state index contributed by atoms with van der Waals surface area (Å²) in [5.41, 5.74) is 1.31. The van der Waals surface area contributed by atoms with Crippen LogP contribution < -0.4 is 10.1 Å². The number of hydrogen-bond donors (Lipinski definition) is 1. The number of aromatic nitrogens is 1. The first-order chi connectivity index (χ1) is 10.2. The summed E-state index contributed by atoms with van der Waals surface area (Å²) in [4.78, 5) is 28.2. The first-order valence-corrected chi connectivity index (χ1v) is 6.68. The number of carbonyl (C=O) groups is 2. The van der Waals surface area contributed by atoms with E-state index in [-0.39, 0.29) is 24.7 Å². The molecule has 5 nitrogen and oxygen atoms in total. The molecule has 1 aromatic heterocycles. The molecule has 0 saturated heterocycles. The molecule has 1 amide bonds. The van der Waals surface area contributed by atoms with Gasteiger partial charge in [-0.15, -0.1) is 0 Å². The number of hydrogen-bond acceptors (Lipinski definition) is 4. The second-order valence-electron chi connectivity index (χ2n) is 4.83. The average Bonchev–Trinajstić information content (AvgIpc) is 2.51. The largest absolute Gasteiger partial charge is 0.490 e. The molecule has 0 aliphatic carbocycles. The second-order valence-corrected chi connectivity index (χ2v) is 4.83. The first kappa shape index (κ1) is 13.3. The molecule has 1 N–H and O–H groups in total. The minimum atomic E-state index is -0.635. The van der Waals surface area contributed by atoms with Crippen molar-refractivity contribution in [1.29, 1.82) is 0 Å². The molecule has 21 heavy (non-hydrogen) atoms. The van der Waals surface area contributed by atoms with E-state index < -0.39 is 6.04 Å². The predicted octanol–water partition coefficient (Wildman–Crippen LogP) is 1.38. The Hall–Kier alpha value is -2.69. The molecule has 0 saturated carbocycles. The number of amides is 1. The topological polar surface area (TPSA) is 68.3 Å². The number of carbonyl (C=O) groups excluding carboxylic acids is 2. The maximum atomic E-state index is 12.3. The van der Waals surface area contributed by atoms with Crippen molar-refractivity contribution in [1.82, 2.24) is 10.3 Å². The van der Waals surface area contributed by atoms with E-state index in [4.69, 9.17) is 4.74 Å². The number of fused-ring (bicyclic) bond motifs is 1. The molecule has 3 rings (SSSR count). The Balaban J connectivity index is 1.66. The molecule has 0 spiro atoms. The van der Waals surface area contributed by atoms with Crippen molar-refractivity contribution in [2.24, 2.45) is 0 Å². The van der Waals surface area contributed by atoms with Gasteiger partial charge in [-0.05, 0) is 23.8 Å². The molecular formula is C16H14N2O3. The van der Waals surface area contributed by atoms with Crippen LogP contribution in [0.3, 0.4) is 0 Å². The summed E-state index contributed by atoms with van der Waals surface area (Å²) in [6.07, 6.45) is 3.48. The van der Waals surface area contributed by atoms with Crippen LogP contribution in [0.4, 0.5) is 0 Å². The van der Waals surface area contributed by atoms with Gasteiger partial charge in [-0.25, -0.2) is 0 Å². The van der Waals surface area contributed by atoms with Crippen LogP contribution in [-0.2, 0) is 11.2 Å². The van der Waals surface area contributed by atoms with Gasteiger partial charge in [-0.3, -0.25) is 14.6 Å². The van der Waals surface area contributed by atoms with Gasteiger partial charge in [0.1, 0.15) is 18.4 Å². The van der Waals surface area contributed by atoms with Gasteiger partial charge in [0.15, 0.2) is 5.78 Å². The van der Waals surface area contributed by atoms with E-state index >= 15 is 0 Å². The van der Waals surface area contributed by atoms with Crippen molar-refractivity contribution >= 4 is 11.7 Å². The molecule has 0 bridgehead atoms. The quantitative estimate of drug-likeness (QED) is 0.923. The number of Topliss-reactive ketones (excluding diaryl/α,β-unsaturated/α-hetero) is 1. The second kappa shape index (κ2) is 5.75. The van der Waals surface area contributed by atoms with Gasteiger partial charge >= 0.3 is 0 Å². The third kappa shape index (κ3) is 2.91. The molecule has 2 heterocycles.